The van der Waals surface area contributed by atoms with Crippen LogP contribution in [0, 0.1) is 0 Å². The average molecular weight is 332 g/mol. The molecule has 1 aliphatic rings. The van der Waals surface area contributed by atoms with Gasteiger partial charge in [-0.1, -0.05) is 23.7 Å². The van der Waals surface area contributed by atoms with Gasteiger partial charge in [-0.15, -0.1) is 0 Å². The summed E-state index contributed by atoms with van der Waals surface area (Å²) < 4.78 is 1.04. The zero-order chi connectivity index (χ0) is 13.1. The third-order valence-corrected chi connectivity index (χ3v) is 5.19. The molecule has 1 fully saturated rings. The Labute approximate surface area is 123 Å². The van der Waals surface area contributed by atoms with Gasteiger partial charge in [0.1, 0.15) is 0 Å². The molecule has 0 unspecified atom stereocenters. The lowest BCUT2D eigenvalue weighted by atomic mass is 10.0. The highest BCUT2D eigenvalue weighted by Crippen LogP contribution is 2.28. The number of hydrogen-bond donors (Lipinski definition) is 0. The van der Waals surface area contributed by atoms with Gasteiger partial charge in [0.2, 0.25) is 0 Å². The van der Waals surface area contributed by atoms with Crippen molar-refractivity contribution >= 4 is 27.5 Å². The van der Waals surface area contributed by atoms with E-state index in [0.717, 1.165) is 22.1 Å². The van der Waals surface area contributed by atoms with E-state index in [-0.39, 0.29) is 0 Å². The van der Waals surface area contributed by atoms with Gasteiger partial charge in [-0.05, 0) is 67.6 Å². The van der Waals surface area contributed by atoms with Gasteiger partial charge in [-0.25, -0.2) is 0 Å². The fraction of sp³-hybridized carbons (Fsp3) is 0.571. The fourth-order valence-electron chi connectivity index (χ4n) is 2.51. The summed E-state index contributed by atoms with van der Waals surface area (Å²) in [6.45, 7) is 3.32. The van der Waals surface area contributed by atoms with Crippen LogP contribution >= 0.6 is 27.5 Å². The first-order chi connectivity index (χ1) is 8.58. The maximum atomic E-state index is 6.12. The molecule has 0 saturated carbocycles. The first-order valence-electron chi connectivity index (χ1n) is 6.39. The fourth-order valence-corrected chi connectivity index (χ4v) is 3.09. The van der Waals surface area contributed by atoms with Gasteiger partial charge >= 0.3 is 0 Å². The van der Waals surface area contributed by atoms with Crippen LogP contribution in [0.1, 0.15) is 18.4 Å². The lowest BCUT2D eigenvalue weighted by Gasteiger charge is -2.35. The van der Waals surface area contributed by atoms with E-state index < -0.39 is 0 Å². The van der Waals surface area contributed by atoms with E-state index in [1.165, 1.54) is 31.5 Å². The van der Waals surface area contributed by atoms with Gasteiger partial charge in [0.15, 0.2) is 0 Å². The summed E-state index contributed by atoms with van der Waals surface area (Å²) in [7, 11) is 4.35. The standard InChI is InChI=1S/C14H20BrClN2/c1-17(2)12-6-8-18(9-7-12)10-11-4-3-5-13(16)14(11)15/h3-5,12H,6-10H2,1-2H3. The number of hydrogen-bond acceptors (Lipinski definition) is 2. The zero-order valence-corrected chi connectivity index (χ0v) is 13.3. The SMILES string of the molecule is CN(C)C1CCN(Cc2cccc(Cl)c2Br)CC1. The van der Waals surface area contributed by atoms with Crippen molar-refractivity contribution in [2.75, 3.05) is 27.2 Å². The number of rotatable bonds is 3. The molecular formula is C14H20BrClN2. The van der Waals surface area contributed by atoms with Crippen molar-refractivity contribution < 1.29 is 0 Å². The molecule has 0 N–H and O–H groups in total. The Balaban J connectivity index is 1.94. The third-order valence-electron chi connectivity index (χ3n) is 3.71. The quantitative estimate of drug-likeness (QED) is 0.834. The van der Waals surface area contributed by atoms with E-state index in [1.807, 2.05) is 12.1 Å². The highest BCUT2D eigenvalue weighted by atomic mass is 79.9. The molecule has 0 atom stereocenters. The Bertz CT molecular complexity index is 401. The van der Waals surface area contributed by atoms with Gasteiger partial charge < -0.3 is 4.90 Å². The van der Waals surface area contributed by atoms with Crippen molar-refractivity contribution in [3.8, 4) is 0 Å². The summed E-state index contributed by atoms with van der Waals surface area (Å²) in [4.78, 5) is 4.85. The Morgan fingerprint density at radius 2 is 2.00 bits per heavy atom. The van der Waals surface area contributed by atoms with Crippen molar-refractivity contribution in [2.45, 2.75) is 25.4 Å². The molecule has 1 heterocycles. The van der Waals surface area contributed by atoms with E-state index in [0.29, 0.717) is 0 Å². The molecule has 0 aliphatic carbocycles. The van der Waals surface area contributed by atoms with Crippen molar-refractivity contribution in [1.82, 2.24) is 9.80 Å². The Kier molecular flexibility index (Phi) is 5.07. The largest absolute Gasteiger partial charge is 0.306 e. The minimum absolute atomic E-state index is 0.740. The van der Waals surface area contributed by atoms with E-state index in [4.69, 9.17) is 11.6 Å². The first kappa shape index (κ1) is 14.3. The minimum Gasteiger partial charge on any atom is -0.306 e. The molecule has 0 bridgehead atoms. The molecule has 1 aliphatic heterocycles. The van der Waals surface area contributed by atoms with Crippen molar-refractivity contribution in [3.63, 3.8) is 0 Å². The number of benzene rings is 1. The molecule has 1 aromatic rings. The molecule has 1 aromatic carbocycles. The van der Waals surface area contributed by atoms with Crippen LogP contribution < -0.4 is 0 Å². The number of likely N-dealkylation sites (tertiary alicyclic amines) is 1. The molecule has 0 radical (unpaired) electrons. The van der Waals surface area contributed by atoms with Crippen molar-refractivity contribution in [2.24, 2.45) is 0 Å². The van der Waals surface area contributed by atoms with Crippen molar-refractivity contribution in [1.29, 1.82) is 0 Å². The van der Waals surface area contributed by atoms with Crippen LogP contribution in [-0.4, -0.2) is 43.0 Å². The molecular weight excluding hydrogens is 312 g/mol. The zero-order valence-electron chi connectivity index (χ0n) is 11.0. The van der Waals surface area contributed by atoms with Crippen LogP contribution in [0.3, 0.4) is 0 Å². The summed E-state index contributed by atoms with van der Waals surface area (Å²) in [5, 5.41) is 0.802. The minimum atomic E-state index is 0.740. The summed E-state index contributed by atoms with van der Waals surface area (Å²) in [6.07, 6.45) is 2.51. The molecule has 0 amide bonds. The normalized spacial score (nSPS) is 18.5. The Morgan fingerprint density at radius 3 is 2.61 bits per heavy atom. The predicted molar refractivity (Wildman–Crippen MR) is 81.1 cm³/mol. The molecule has 0 aromatic heterocycles. The first-order valence-corrected chi connectivity index (χ1v) is 7.56. The van der Waals surface area contributed by atoms with Gasteiger partial charge in [-0.2, -0.15) is 0 Å². The van der Waals surface area contributed by atoms with Crippen LogP contribution in [0.5, 0.6) is 0 Å². The number of halogens is 2. The second-order valence-corrected chi connectivity index (χ2v) is 6.38. The summed E-state index contributed by atoms with van der Waals surface area (Å²) >= 11 is 9.70. The van der Waals surface area contributed by atoms with Gasteiger partial charge in [0, 0.05) is 17.1 Å². The monoisotopic (exact) mass is 330 g/mol. The lowest BCUT2D eigenvalue weighted by Crippen LogP contribution is -2.41. The van der Waals surface area contributed by atoms with E-state index in [1.54, 1.807) is 0 Å². The third kappa shape index (κ3) is 3.47. The van der Waals surface area contributed by atoms with Crippen LogP contribution in [-0.2, 0) is 6.54 Å². The van der Waals surface area contributed by atoms with E-state index in [9.17, 15) is 0 Å². The molecule has 2 nitrogen and oxygen atoms in total. The molecule has 1 saturated heterocycles. The van der Waals surface area contributed by atoms with E-state index in [2.05, 4.69) is 45.9 Å². The summed E-state index contributed by atoms with van der Waals surface area (Å²) in [5.41, 5.74) is 1.28. The van der Waals surface area contributed by atoms with Crippen LogP contribution in [0.15, 0.2) is 22.7 Å². The van der Waals surface area contributed by atoms with Gasteiger partial charge in [0.05, 0.1) is 5.02 Å². The molecule has 0 spiro atoms. The lowest BCUT2D eigenvalue weighted by molar-refractivity contribution is 0.140. The van der Waals surface area contributed by atoms with E-state index >= 15 is 0 Å². The maximum absolute atomic E-state index is 6.12. The summed E-state index contributed by atoms with van der Waals surface area (Å²) in [5.74, 6) is 0. The van der Waals surface area contributed by atoms with Gasteiger partial charge in [0.25, 0.3) is 0 Å². The molecule has 2 rings (SSSR count). The second-order valence-electron chi connectivity index (χ2n) is 5.18. The van der Waals surface area contributed by atoms with Crippen LogP contribution in [0.25, 0.3) is 0 Å². The molecule has 100 valence electrons. The Morgan fingerprint density at radius 1 is 1.33 bits per heavy atom. The maximum Gasteiger partial charge on any atom is 0.0551 e. The topological polar surface area (TPSA) is 6.48 Å². The average Bonchev–Trinajstić information content (AvgIpc) is 2.36. The second kappa shape index (κ2) is 6.38. The van der Waals surface area contributed by atoms with Gasteiger partial charge in [-0.3, -0.25) is 4.90 Å². The molecule has 4 heteroatoms. The van der Waals surface area contributed by atoms with Crippen LogP contribution in [0.2, 0.25) is 5.02 Å². The highest BCUT2D eigenvalue weighted by Gasteiger charge is 2.21. The smallest absolute Gasteiger partial charge is 0.0551 e. The highest BCUT2D eigenvalue weighted by molar-refractivity contribution is 9.10. The molecule has 18 heavy (non-hydrogen) atoms. The van der Waals surface area contributed by atoms with Crippen molar-refractivity contribution in [3.05, 3.63) is 33.3 Å². The number of nitrogens with zero attached hydrogens (tertiary/aromatic N) is 2. The predicted octanol–water partition coefficient (Wildman–Crippen LogP) is 3.63. The summed E-state index contributed by atoms with van der Waals surface area (Å²) in [6, 6.07) is 6.83. The number of piperidine rings is 1. The Hall–Kier alpha value is -0.0900. The van der Waals surface area contributed by atoms with Crippen LogP contribution in [0.4, 0.5) is 0 Å².